The lowest BCUT2D eigenvalue weighted by Gasteiger charge is -2.47. The first-order valence-corrected chi connectivity index (χ1v) is 8.15. The van der Waals surface area contributed by atoms with Crippen molar-refractivity contribution in [3.05, 3.63) is 23.2 Å². The van der Waals surface area contributed by atoms with Crippen LogP contribution in [-0.4, -0.2) is 28.9 Å². The molecule has 1 spiro atoms. The van der Waals surface area contributed by atoms with E-state index in [1.807, 2.05) is 6.92 Å². The number of amides is 1. The van der Waals surface area contributed by atoms with Crippen LogP contribution in [-0.2, 0) is 11.3 Å². The fourth-order valence-electron chi connectivity index (χ4n) is 4.21. The first-order valence-electron chi connectivity index (χ1n) is 8.15. The quantitative estimate of drug-likeness (QED) is 0.931. The minimum atomic E-state index is 0.000759. The first-order chi connectivity index (χ1) is 10.0. The highest BCUT2D eigenvalue weighted by Crippen LogP contribution is 2.37. The molecule has 0 saturated carbocycles. The van der Waals surface area contributed by atoms with Crippen molar-refractivity contribution in [2.45, 2.75) is 71.0 Å². The van der Waals surface area contributed by atoms with Gasteiger partial charge in [0, 0.05) is 12.5 Å². The van der Waals surface area contributed by atoms with Gasteiger partial charge in [0.2, 0.25) is 5.91 Å². The van der Waals surface area contributed by atoms with Crippen LogP contribution in [0.3, 0.4) is 0 Å². The SMILES string of the molecule is CC[C@@H]1N(Cc2cc(C)c(C)o2)CCC[C@@]12CCC(=O)N2. The molecule has 116 valence electrons. The van der Waals surface area contributed by atoms with E-state index in [4.69, 9.17) is 4.42 Å². The van der Waals surface area contributed by atoms with Gasteiger partial charge in [0.05, 0.1) is 12.1 Å². The maximum absolute atomic E-state index is 11.7. The Labute approximate surface area is 126 Å². The number of nitrogens with zero attached hydrogens (tertiary/aromatic N) is 1. The van der Waals surface area contributed by atoms with E-state index in [9.17, 15) is 4.79 Å². The zero-order valence-electron chi connectivity index (χ0n) is 13.4. The smallest absolute Gasteiger partial charge is 0.220 e. The summed E-state index contributed by atoms with van der Waals surface area (Å²) >= 11 is 0. The lowest BCUT2D eigenvalue weighted by atomic mass is 9.78. The van der Waals surface area contributed by atoms with Crippen LogP contribution in [0.25, 0.3) is 0 Å². The van der Waals surface area contributed by atoms with Gasteiger partial charge in [-0.3, -0.25) is 9.69 Å². The summed E-state index contributed by atoms with van der Waals surface area (Å²) in [5.41, 5.74) is 1.22. The molecule has 0 aromatic carbocycles. The van der Waals surface area contributed by atoms with Crippen molar-refractivity contribution in [2.24, 2.45) is 0 Å². The first kappa shape index (κ1) is 14.6. The Kier molecular flexibility index (Phi) is 3.82. The van der Waals surface area contributed by atoms with Crippen LogP contribution < -0.4 is 5.32 Å². The number of carbonyl (C=O) groups excluding carboxylic acids is 1. The fourth-order valence-corrected chi connectivity index (χ4v) is 4.21. The van der Waals surface area contributed by atoms with Crippen LogP contribution in [0.5, 0.6) is 0 Å². The molecule has 4 heteroatoms. The molecule has 3 rings (SSSR count). The molecule has 2 fully saturated rings. The molecule has 21 heavy (non-hydrogen) atoms. The van der Waals surface area contributed by atoms with Crippen LogP contribution >= 0.6 is 0 Å². The third kappa shape index (κ3) is 2.61. The molecule has 1 N–H and O–H groups in total. The summed E-state index contributed by atoms with van der Waals surface area (Å²) in [6.07, 6.45) is 5.00. The molecule has 2 atom stereocenters. The molecular formula is C17H26N2O2. The summed E-state index contributed by atoms with van der Waals surface area (Å²) in [7, 11) is 0. The van der Waals surface area contributed by atoms with Gasteiger partial charge in [0.1, 0.15) is 11.5 Å². The highest BCUT2D eigenvalue weighted by Gasteiger charge is 2.47. The van der Waals surface area contributed by atoms with Crippen molar-refractivity contribution < 1.29 is 9.21 Å². The topological polar surface area (TPSA) is 45.5 Å². The van der Waals surface area contributed by atoms with Gasteiger partial charge in [-0.15, -0.1) is 0 Å². The number of rotatable bonds is 3. The zero-order chi connectivity index (χ0) is 15.0. The van der Waals surface area contributed by atoms with Crippen LogP contribution in [0.15, 0.2) is 10.5 Å². The lowest BCUT2D eigenvalue weighted by Crippen LogP contribution is -2.61. The minimum Gasteiger partial charge on any atom is -0.465 e. The molecule has 0 bridgehead atoms. The van der Waals surface area contributed by atoms with E-state index in [-0.39, 0.29) is 11.4 Å². The summed E-state index contributed by atoms with van der Waals surface area (Å²) < 4.78 is 5.85. The molecular weight excluding hydrogens is 264 g/mol. The van der Waals surface area contributed by atoms with Gasteiger partial charge in [-0.2, -0.15) is 0 Å². The summed E-state index contributed by atoms with van der Waals surface area (Å²) in [6.45, 7) is 8.28. The van der Waals surface area contributed by atoms with Gasteiger partial charge in [-0.05, 0) is 57.7 Å². The van der Waals surface area contributed by atoms with Gasteiger partial charge < -0.3 is 9.73 Å². The van der Waals surface area contributed by atoms with E-state index in [2.05, 4.69) is 30.1 Å². The monoisotopic (exact) mass is 290 g/mol. The van der Waals surface area contributed by atoms with E-state index < -0.39 is 0 Å². The van der Waals surface area contributed by atoms with E-state index >= 15 is 0 Å². The van der Waals surface area contributed by atoms with E-state index in [0.29, 0.717) is 12.5 Å². The van der Waals surface area contributed by atoms with Gasteiger partial charge >= 0.3 is 0 Å². The van der Waals surface area contributed by atoms with Gasteiger partial charge in [-0.1, -0.05) is 6.92 Å². The fraction of sp³-hybridized carbons (Fsp3) is 0.706. The van der Waals surface area contributed by atoms with E-state index in [1.165, 1.54) is 5.56 Å². The molecule has 0 aliphatic carbocycles. The van der Waals surface area contributed by atoms with Crippen molar-refractivity contribution in [3.8, 4) is 0 Å². The molecule has 4 nitrogen and oxygen atoms in total. The van der Waals surface area contributed by atoms with E-state index in [0.717, 1.165) is 50.3 Å². The van der Waals surface area contributed by atoms with Crippen molar-refractivity contribution in [1.82, 2.24) is 10.2 Å². The third-order valence-electron chi connectivity index (χ3n) is 5.30. The Morgan fingerprint density at radius 3 is 2.81 bits per heavy atom. The molecule has 2 aliphatic rings. The third-order valence-corrected chi connectivity index (χ3v) is 5.30. The number of hydrogen-bond acceptors (Lipinski definition) is 3. The standard InChI is InChI=1S/C17H26N2O2/c1-4-15-17(8-6-16(20)18-17)7-5-9-19(15)11-14-10-12(2)13(3)21-14/h10,15H,4-9,11H2,1-3H3,(H,18,20)/t15-,17+/m0/s1. The predicted molar refractivity (Wildman–Crippen MR) is 82.0 cm³/mol. The molecule has 1 aromatic heterocycles. The molecule has 0 radical (unpaired) electrons. The largest absolute Gasteiger partial charge is 0.465 e. The Morgan fingerprint density at radius 1 is 1.43 bits per heavy atom. The molecule has 1 amide bonds. The van der Waals surface area contributed by atoms with Crippen molar-refractivity contribution in [2.75, 3.05) is 6.54 Å². The molecule has 3 heterocycles. The van der Waals surface area contributed by atoms with Crippen molar-refractivity contribution in [3.63, 3.8) is 0 Å². The number of nitrogens with one attached hydrogen (secondary N) is 1. The maximum Gasteiger partial charge on any atom is 0.220 e. The summed E-state index contributed by atoms with van der Waals surface area (Å²) in [5.74, 6) is 2.28. The number of furan rings is 1. The predicted octanol–water partition coefficient (Wildman–Crippen LogP) is 2.92. The highest BCUT2D eigenvalue weighted by molar-refractivity contribution is 5.79. The Bertz CT molecular complexity index is 517. The van der Waals surface area contributed by atoms with Gasteiger partial charge in [0.25, 0.3) is 0 Å². The van der Waals surface area contributed by atoms with E-state index in [1.54, 1.807) is 0 Å². The normalized spacial score (nSPS) is 30.0. The maximum atomic E-state index is 11.7. The number of piperidine rings is 1. The van der Waals surface area contributed by atoms with Crippen molar-refractivity contribution in [1.29, 1.82) is 0 Å². The van der Waals surface area contributed by atoms with Crippen LogP contribution in [0.2, 0.25) is 0 Å². The second-order valence-corrected chi connectivity index (χ2v) is 6.65. The molecule has 2 aliphatic heterocycles. The van der Waals surface area contributed by atoms with Gasteiger partial charge in [0.15, 0.2) is 0 Å². The zero-order valence-corrected chi connectivity index (χ0v) is 13.4. The second kappa shape index (κ2) is 5.48. The highest BCUT2D eigenvalue weighted by atomic mass is 16.3. The number of hydrogen-bond donors (Lipinski definition) is 1. The Morgan fingerprint density at radius 2 is 2.24 bits per heavy atom. The summed E-state index contributed by atoms with van der Waals surface area (Å²) in [5, 5.41) is 3.29. The summed E-state index contributed by atoms with van der Waals surface area (Å²) in [6, 6.07) is 2.57. The molecule has 2 saturated heterocycles. The number of aryl methyl sites for hydroxylation is 2. The molecule has 1 aromatic rings. The van der Waals surface area contributed by atoms with Crippen LogP contribution in [0.4, 0.5) is 0 Å². The minimum absolute atomic E-state index is 0.000759. The average molecular weight is 290 g/mol. The lowest BCUT2D eigenvalue weighted by molar-refractivity contribution is -0.120. The van der Waals surface area contributed by atoms with Crippen LogP contribution in [0, 0.1) is 13.8 Å². The van der Waals surface area contributed by atoms with Gasteiger partial charge in [-0.25, -0.2) is 0 Å². The number of likely N-dealkylation sites (tertiary alicyclic amines) is 1. The van der Waals surface area contributed by atoms with Crippen molar-refractivity contribution >= 4 is 5.91 Å². The molecule has 0 unspecified atom stereocenters. The number of carbonyl (C=O) groups is 1. The Hall–Kier alpha value is -1.29. The second-order valence-electron chi connectivity index (χ2n) is 6.65. The Balaban J connectivity index is 1.79. The average Bonchev–Trinajstić information content (AvgIpc) is 2.94. The van der Waals surface area contributed by atoms with Crippen LogP contribution in [0.1, 0.15) is 56.1 Å². The summed E-state index contributed by atoms with van der Waals surface area (Å²) in [4.78, 5) is 14.2.